The number of nitrogens with zero attached hydrogens (tertiary/aromatic N) is 3. The average molecular weight is 489 g/mol. The lowest BCUT2D eigenvalue weighted by molar-refractivity contribution is -0.0365. The lowest BCUT2D eigenvalue weighted by atomic mass is 9.73. The molecule has 6 rings (SSSR count). The number of hydrogen-bond donors (Lipinski definition) is 1. The van der Waals surface area contributed by atoms with Gasteiger partial charge in [-0.15, -0.1) is 0 Å². The third kappa shape index (κ3) is 3.23. The zero-order valence-corrected chi connectivity index (χ0v) is 18.7. The number of aromatic nitrogens is 3. The van der Waals surface area contributed by atoms with Crippen LogP contribution in [0.1, 0.15) is 37.3 Å². The summed E-state index contributed by atoms with van der Waals surface area (Å²) in [7, 11) is -4.30. The molecule has 2 aromatic carbocycles. The Balaban J connectivity index is 1.48. The SMILES string of the molecule is O=c1oc2cc(S(=O)(=O)Nc3ncns3)c(F)cc2n1[C@@H]1CC2(CCC2)Oc2ccccc21. The van der Waals surface area contributed by atoms with Crippen LogP contribution in [-0.2, 0) is 10.0 Å². The van der Waals surface area contributed by atoms with Crippen molar-refractivity contribution in [3.05, 3.63) is 64.7 Å². The van der Waals surface area contributed by atoms with Crippen LogP contribution in [0.25, 0.3) is 11.1 Å². The second kappa shape index (κ2) is 7.12. The maximum atomic E-state index is 15.1. The molecule has 9 nitrogen and oxygen atoms in total. The first kappa shape index (κ1) is 20.4. The number of nitrogens with one attached hydrogen (secondary N) is 1. The van der Waals surface area contributed by atoms with E-state index in [0.29, 0.717) is 12.2 Å². The summed E-state index contributed by atoms with van der Waals surface area (Å²) in [6, 6.07) is 9.08. The summed E-state index contributed by atoms with van der Waals surface area (Å²) in [6.45, 7) is 0. The third-order valence-electron chi connectivity index (χ3n) is 6.29. The zero-order valence-electron chi connectivity index (χ0n) is 17.0. The molecule has 1 fully saturated rings. The van der Waals surface area contributed by atoms with Crippen LogP contribution in [0.3, 0.4) is 0 Å². The summed E-state index contributed by atoms with van der Waals surface area (Å²) in [5.74, 6) is -1.00. The minimum atomic E-state index is -4.30. The van der Waals surface area contributed by atoms with Gasteiger partial charge in [0.05, 0.1) is 11.6 Å². The molecule has 0 radical (unpaired) electrons. The predicted molar refractivity (Wildman–Crippen MR) is 118 cm³/mol. The van der Waals surface area contributed by atoms with E-state index in [1.54, 1.807) is 0 Å². The minimum Gasteiger partial charge on any atom is -0.487 e. The number of hydrogen-bond acceptors (Lipinski definition) is 8. The summed E-state index contributed by atoms with van der Waals surface area (Å²) >= 11 is 0.817. The Labute approximate surface area is 191 Å². The van der Waals surface area contributed by atoms with E-state index in [2.05, 4.69) is 14.1 Å². The fraction of sp³-hybridized carbons (Fsp3) is 0.286. The van der Waals surface area contributed by atoms with E-state index in [1.165, 1.54) is 10.9 Å². The molecular formula is C21H17FN4O5S2. The maximum absolute atomic E-state index is 15.1. The summed E-state index contributed by atoms with van der Waals surface area (Å²) in [5.41, 5.74) is 0.597. The van der Waals surface area contributed by atoms with Gasteiger partial charge in [-0.1, -0.05) is 18.2 Å². The average Bonchev–Trinajstić information content (AvgIpc) is 3.37. The van der Waals surface area contributed by atoms with Crippen molar-refractivity contribution >= 4 is 37.8 Å². The molecule has 4 aromatic rings. The van der Waals surface area contributed by atoms with Crippen LogP contribution in [0.5, 0.6) is 5.75 Å². The van der Waals surface area contributed by atoms with Crippen molar-refractivity contribution in [2.24, 2.45) is 0 Å². The van der Waals surface area contributed by atoms with Gasteiger partial charge in [0.25, 0.3) is 10.0 Å². The van der Waals surface area contributed by atoms with Gasteiger partial charge in [0.2, 0.25) is 5.13 Å². The highest BCUT2D eigenvalue weighted by Gasteiger charge is 2.46. The molecule has 0 amide bonds. The number of anilines is 1. The molecule has 1 aliphatic carbocycles. The van der Waals surface area contributed by atoms with Gasteiger partial charge in [-0.05, 0) is 25.3 Å². The number of sulfonamides is 1. The van der Waals surface area contributed by atoms with Crippen molar-refractivity contribution < 1.29 is 22.0 Å². The third-order valence-corrected chi connectivity index (χ3v) is 8.35. The fourth-order valence-corrected chi connectivity index (χ4v) is 6.36. The van der Waals surface area contributed by atoms with Crippen LogP contribution < -0.4 is 15.2 Å². The molecule has 1 aliphatic heterocycles. The first-order valence-electron chi connectivity index (χ1n) is 10.3. The first-order valence-corrected chi connectivity index (χ1v) is 12.5. The Morgan fingerprint density at radius 3 is 2.79 bits per heavy atom. The van der Waals surface area contributed by atoms with Gasteiger partial charge in [-0.3, -0.25) is 9.29 Å². The second-order valence-electron chi connectivity index (χ2n) is 8.24. The highest BCUT2D eigenvalue weighted by Crippen LogP contribution is 2.50. The van der Waals surface area contributed by atoms with E-state index >= 15 is 4.39 Å². The summed E-state index contributed by atoms with van der Waals surface area (Å²) in [4.78, 5) is 16.1. The Morgan fingerprint density at radius 1 is 1.24 bits per heavy atom. The van der Waals surface area contributed by atoms with Crippen molar-refractivity contribution in [1.82, 2.24) is 13.9 Å². The highest BCUT2D eigenvalue weighted by molar-refractivity contribution is 7.93. The topological polar surface area (TPSA) is 116 Å². The van der Waals surface area contributed by atoms with E-state index in [0.717, 1.165) is 48.5 Å². The molecule has 0 saturated heterocycles. The number of ether oxygens (including phenoxy) is 1. The largest absolute Gasteiger partial charge is 0.487 e. The summed E-state index contributed by atoms with van der Waals surface area (Å²) < 4.78 is 59.4. The number of rotatable bonds is 4. The molecular weight excluding hydrogens is 471 g/mol. The normalized spacial score (nSPS) is 19.1. The van der Waals surface area contributed by atoms with Gasteiger partial charge in [-0.2, -0.15) is 4.37 Å². The lowest BCUT2D eigenvalue weighted by Gasteiger charge is -2.47. The van der Waals surface area contributed by atoms with Gasteiger partial charge in [0, 0.05) is 35.6 Å². The zero-order chi connectivity index (χ0) is 22.8. The monoisotopic (exact) mass is 488 g/mol. The summed E-state index contributed by atoms with van der Waals surface area (Å²) in [6.07, 6.45) is 4.50. The Bertz CT molecular complexity index is 1540. The number of halogens is 1. The van der Waals surface area contributed by atoms with Crippen LogP contribution in [0, 0.1) is 5.82 Å². The molecule has 0 unspecified atom stereocenters. The van der Waals surface area contributed by atoms with Crippen molar-refractivity contribution in [2.45, 2.75) is 42.2 Å². The van der Waals surface area contributed by atoms with E-state index in [4.69, 9.17) is 9.15 Å². The van der Waals surface area contributed by atoms with E-state index in [-0.39, 0.29) is 21.8 Å². The van der Waals surface area contributed by atoms with Gasteiger partial charge >= 0.3 is 5.76 Å². The summed E-state index contributed by atoms with van der Waals surface area (Å²) in [5, 5.41) is -0.00173. The van der Waals surface area contributed by atoms with Gasteiger partial charge in [-0.25, -0.2) is 22.6 Å². The molecule has 33 heavy (non-hydrogen) atoms. The van der Waals surface area contributed by atoms with Crippen LogP contribution >= 0.6 is 11.5 Å². The molecule has 1 saturated carbocycles. The molecule has 170 valence electrons. The smallest absolute Gasteiger partial charge is 0.420 e. The first-order chi connectivity index (χ1) is 15.9. The Morgan fingerprint density at radius 2 is 2.06 bits per heavy atom. The molecule has 3 heterocycles. The van der Waals surface area contributed by atoms with Crippen molar-refractivity contribution in [3.63, 3.8) is 0 Å². The minimum absolute atomic E-state index is 0.00173. The van der Waals surface area contributed by atoms with E-state index in [9.17, 15) is 13.2 Å². The van der Waals surface area contributed by atoms with Gasteiger partial charge in [0.15, 0.2) is 5.58 Å². The van der Waals surface area contributed by atoms with E-state index < -0.39 is 32.5 Å². The molecule has 0 bridgehead atoms. The molecule has 1 spiro atoms. The van der Waals surface area contributed by atoms with Gasteiger partial charge < -0.3 is 9.15 Å². The van der Waals surface area contributed by atoms with Crippen LogP contribution in [0.15, 0.2) is 56.8 Å². The molecule has 12 heteroatoms. The van der Waals surface area contributed by atoms with Crippen molar-refractivity contribution in [2.75, 3.05) is 4.72 Å². The molecule has 2 aliphatic rings. The highest BCUT2D eigenvalue weighted by atomic mass is 32.2. The van der Waals surface area contributed by atoms with Crippen molar-refractivity contribution in [3.8, 4) is 5.75 Å². The number of para-hydroxylation sites is 1. The fourth-order valence-electron chi connectivity index (χ4n) is 4.62. The van der Waals surface area contributed by atoms with Crippen LogP contribution in [-0.4, -0.2) is 27.9 Å². The Kier molecular flexibility index (Phi) is 4.40. The standard InChI is InChI=1S/C21H17FN4O5S2/c22-13-8-14-17(9-18(13)33(28,29)25-19-23-11-24-32-19)30-20(27)26(14)15-10-21(6-3-7-21)31-16-5-2-1-4-12(15)16/h1-2,4-5,8-9,11,15H,3,6-7,10H2,(H,23,24,25)/t15-/m1/s1. The second-order valence-corrected chi connectivity index (χ2v) is 10.7. The van der Waals surface area contributed by atoms with E-state index in [1.807, 2.05) is 24.3 Å². The van der Waals surface area contributed by atoms with Gasteiger partial charge in [0.1, 0.15) is 28.4 Å². The molecule has 1 N–H and O–H groups in total. The molecule has 2 aromatic heterocycles. The lowest BCUT2D eigenvalue weighted by Crippen LogP contribution is -2.48. The van der Waals surface area contributed by atoms with Crippen molar-refractivity contribution in [1.29, 1.82) is 0 Å². The van der Waals surface area contributed by atoms with Crippen LogP contribution in [0.2, 0.25) is 0 Å². The Hall–Kier alpha value is -3.25. The van der Waals surface area contributed by atoms with Crippen LogP contribution in [0.4, 0.5) is 9.52 Å². The quantitative estimate of drug-likeness (QED) is 0.466. The molecule has 1 atom stereocenters. The predicted octanol–water partition coefficient (Wildman–Crippen LogP) is 3.68. The maximum Gasteiger partial charge on any atom is 0.420 e. The number of fused-ring (bicyclic) bond motifs is 2. The number of benzene rings is 2. The number of oxazole rings is 1.